The summed E-state index contributed by atoms with van der Waals surface area (Å²) in [5.41, 5.74) is 0.561. The number of thioether (sulfide) groups is 1. The second kappa shape index (κ2) is 8.36. The van der Waals surface area contributed by atoms with E-state index in [4.69, 9.17) is 4.42 Å². The van der Waals surface area contributed by atoms with Gasteiger partial charge in [0, 0.05) is 19.5 Å². The third kappa shape index (κ3) is 3.81. The number of benzene rings is 1. The van der Waals surface area contributed by atoms with E-state index in [-0.39, 0.29) is 17.2 Å². The fraction of sp³-hybridized carbons (Fsp3) is 0.200. The zero-order valence-corrected chi connectivity index (χ0v) is 16.4. The van der Waals surface area contributed by atoms with Crippen LogP contribution in [0.15, 0.2) is 69.7 Å². The minimum atomic E-state index is -0.146. The number of aromatic nitrogens is 4. The second-order valence-corrected chi connectivity index (χ2v) is 7.25. The average Bonchev–Trinajstić information content (AvgIpc) is 3.39. The molecule has 29 heavy (non-hydrogen) atoms. The monoisotopic (exact) mass is 409 g/mol. The molecule has 0 saturated heterocycles. The topological polar surface area (TPSA) is 94.4 Å². The molecule has 1 amide bonds. The summed E-state index contributed by atoms with van der Waals surface area (Å²) >= 11 is 1.27. The lowest BCUT2D eigenvalue weighted by molar-refractivity contribution is -0.118. The number of para-hydroxylation sites is 1. The first-order valence-electron chi connectivity index (χ1n) is 9.08. The quantitative estimate of drug-likeness (QED) is 0.354. The van der Waals surface area contributed by atoms with Crippen LogP contribution in [0.3, 0.4) is 0 Å². The molecule has 8 nitrogen and oxygen atoms in total. The molecule has 0 radical (unpaired) electrons. The summed E-state index contributed by atoms with van der Waals surface area (Å²) in [5, 5.41) is 12.4. The summed E-state index contributed by atoms with van der Waals surface area (Å²) in [6.45, 7) is 4.53. The van der Waals surface area contributed by atoms with Crippen molar-refractivity contribution in [3.8, 4) is 0 Å². The van der Waals surface area contributed by atoms with Crippen molar-refractivity contribution in [1.29, 1.82) is 0 Å². The number of hydrogen-bond donors (Lipinski definition) is 1. The molecular weight excluding hydrogens is 390 g/mol. The summed E-state index contributed by atoms with van der Waals surface area (Å²) in [6, 6.07) is 11.0. The van der Waals surface area contributed by atoms with Crippen molar-refractivity contribution in [3.63, 3.8) is 0 Å². The van der Waals surface area contributed by atoms with Crippen LogP contribution in [0.5, 0.6) is 0 Å². The van der Waals surface area contributed by atoms with E-state index >= 15 is 0 Å². The van der Waals surface area contributed by atoms with E-state index < -0.39 is 0 Å². The highest BCUT2D eigenvalue weighted by Gasteiger charge is 2.17. The van der Waals surface area contributed by atoms with Crippen molar-refractivity contribution in [1.82, 2.24) is 24.5 Å². The molecule has 3 aromatic heterocycles. The van der Waals surface area contributed by atoms with E-state index in [2.05, 4.69) is 22.1 Å². The number of carbonyl (C=O) groups is 1. The Morgan fingerprint density at radius 1 is 1.24 bits per heavy atom. The van der Waals surface area contributed by atoms with Crippen LogP contribution in [0.4, 0.5) is 0 Å². The predicted octanol–water partition coefficient (Wildman–Crippen LogP) is 2.27. The van der Waals surface area contributed by atoms with Crippen LogP contribution in [-0.4, -0.2) is 37.4 Å². The third-order valence-electron chi connectivity index (χ3n) is 4.40. The molecule has 4 rings (SSSR count). The Kier molecular flexibility index (Phi) is 5.48. The Bertz CT molecular complexity index is 1230. The standard InChI is InChI=1S/C20H19N5O3S/c1-2-11-24-18(27)15-7-3-4-8-16(15)25-19(24)22-23-20(25)29-13-17(26)21-10-9-14-6-5-12-28-14/h2-8,12H,1,9-11,13H2,(H,21,26). The third-order valence-corrected chi connectivity index (χ3v) is 5.32. The van der Waals surface area contributed by atoms with Crippen molar-refractivity contribution in [3.05, 3.63) is 71.4 Å². The molecule has 0 fully saturated rings. The maximum absolute atomic E-state index is 12.8. The van der Waals surface area contributed by atoms with Gasteiger partial charge in [0.1, 0.15) is 5.76 Å². The Labute approximate surface area is 170 Å². The van der Waals surface area contributed by atoms with Gasteiger partial charge in [-0.3, -0.25) is 18.6 Å². The van der Waals surface area contributed by atoms with E-state index in [1.165, 1.54) is 16.3 Å². The van der Waals surface area contributed by atoms with Gasteiger partial charge in [0.25, 0.3) is 5.56 Å². The highest BCUT2D eigenvalue weighted by molar-refractivity contribution is 7.99. The molecule has 0 unspecified atom stereocenters. The molecule has 0 aliphatic rings. The number of hydrogen-bond acceptors (Lipinski definition) is 6. The van der Waals surface area contributed by atoms with E-state index in [9.17, 15) is 9.59 Å². The van der Waals surface area contributed by atoms with E-state index in [1.54, 1.807) is 22.8 Å². The van der Waals surface area contributed by atoms with Gasteiger partial charge in [-0.25, -0.2) is 0 Å². The van der Waals surface area contributed by atoms with Crippen molar-refractivity contribution in [2.24, 2.45) is 0 Å². The number of amides is 1. The average molecular weight is 409 g/mol. The molecular formula is C20H19N5O3S. The second-order valence-electron chi connectivity index (χ2n) is 6.31. The van der Waals surface area contributed by atoms with Gasteiger partial charge in [-0.1, -0.05) is 30.0 Å². The SMILES string of the molecule is C=CCn1c(=O)c2ccccc2n2c(SCC(=O)NCCc3ccco3)nnc12. The summed E-state index contributed by atoms with van der Waals surface area (Å²) < 4.78 is 8.58. The smallest absolute Gasteiger partial charge is 0.263 e. The normalized spacial score (nSPS) is 11.2. The van der Waals surface area contributed by atoms with Gasteiger partial charge in [0.05, 0.1) is 22.9 Å². The molecule has 0 saturated carbocycles. The molecule has 4 aromatic rings. The molecule has 0 aliphatic heterocycles. The number of allylic oxidation sites excluding steroid dienone is 1. The predicted molar refractivity (Wildman–Crippen MR) is 111 cm³/mol. The number of rotatable bonds is 8. The lowest BCUT2D eigenvalue weighted by atomic mass is 10.2. The van der Waals surface area contributed by atoms with Crippen molar-refractivity contribution >= 4 is 34.3 Å². The molecule has 1 aromatic carbocycles. The largest absolute Gasteiger partial charge is 0.469 e. The maximum atomic E-state index is 12.8. The number of fused-ring (bicyclic) bond motifs is 3. The Hall–Kier alpha value is -3.33. The number of nitrogens with zero attached hydrogens (tertiary/aromatic N) is 4. The summed E-state index contributed by atoms with van der Waals surface area (Å²) in [7, 11) is 0. The lowest BCUT2D eigenvalue weighted by Gasteiger charge is -2.09. The zero-order valence-electron chi connectivity index (χ0n) is 15.6. The molecule has 0 atom stereocenters. The van der Waals surface area contributed by atoms with Crippen LogP contribution in [-0.2, 0) is 17.8 Å². The van der Waals surface area contributed by atoms with Crippen molar-refractivity contribution in [2.45, 2.75) is 18.1 Å². The highest BCUT2D eigenvalue weighted by atomic mass is 32.2. The fourth-order valence-electron chi connectivity index (χ4n) is 3.08. The number of carbonyl (C=O) groups excluding carboxylic acids is 1. The van der Waals surface area contributed by atoms with Gasteiger partial charge in [0.2, 0.25) is 11.7 Å². The highest BCUT2D eigenvalue weighted by Crippen LogP contribution is 2.21. The molecule has 0 bridgehead atoms. The minimum absolute atomic E-state index is 0.109. The Morgan fingerprint density at radius 2 is 2.10 bits per heavy atom. The Morgan fingerprint density at radius 3 is 2.90 bits per heavy atom. The van der Waals surface area contributed by atoms with Gasteiger partial charge >= 0.3 is 0 Å². The maximum Gasteiger partial charge on any atom is 0.263 e. The van der Waals surface area contributed by atoms with E-state index in [0.29, 0.717) is 41.3 Å². The number of nitrogens with one attached hydrogen (secondary N) is 1. The van der Waals surface area contributed by atoms with Gasteiger partial charge < -0.3 is 9.73 Å². The van der Waals surface area contributed by atoms with Gasteiger partial charge in [-0.05, 0) is 24.3 Å². The van der Waals surface area contributed by atoms with Crippen LogP contribution < -0.4 is 10.9 Å². The zero-order chi connectivity index (χ0) is 20.2. The van der Waals surface area contributed by atoms with Crippen LogP contribution in [0.1, 0.15) is 5.76 Å². The molecule has 3 heterocycles. The first kappa shape index (κ1) is 19.0. The van der Waals surface area contributed by atoms with E-state index in [0.717, 1.165) is 5.76 Å². The lowest BCUT2D eigenvalue weighted by Crippen LogP contribution is -2.27. The van der Waals surface area contributed by atoms with Crippen LogP contribution in [0.2, 0.25) is 0 Å². The van der Waals surface area contributed by atoms with Crippen molar-refractivity contribution in [2.75, 3.05) is 12.3 Å². The fourth-order valence-corrected chi connectivity index (χ4v) is 3.85. The molecule has 148 valence electrons. The van der Waals surface area contributed by atoms with E-state index in [1.807, 2.05) is 30.3 Å². The van der Waals surface area contributed by atoms with Crippen LogP contribution in [0, 0.1) is 0 Å². The van der Waals surface area contributed by atoms with Crippen LogP contribution in [0.25, 0.3) is 16.7 Å². The number of furan rings is 1. The molecule has 0 spiro atoms. The van der Waals surface area contributed by atoms with Gasteiger partial charge in [-0.15, -0.1) is 16.8 Å². The summed E-state index contributed by atoms with van der Waals surface area (Å²) in [4.78, 5) is 25.0. The Balaban J connectivity index is 1.55. The van der Waals surface area contributed by atoms with Crippen LogP contribution >= 0.6 is 11.8 Å². The molecule has 9 heteroatoms. The minimum Gasteiger partial charge on any atom is -0.469 e. The first-order chi connectivity index (χ1) is 14.2. The first-order valence-corrected chi connectivity index (χ1v) is 10.1. The van der Waals surface area contributed by atoms with Crippen molar-refractivity contribution < 1.29 is 9.21 Å². The van der Waals surface area contributed by atoms with Gasteiger partial charge in [-0.2, -0.15) is 0 Å². The van der Waals surface area contributed by atoms with Gasteiger partial charge in [0.15, 0.2) is 5.16 Å². The summed E-state index contributed by atoms with van der Waals surface area (Å²) in [5.74, 6) is 1.33. The molecule has 1 N–H and O–H groups in total. The molecule has 0 aliphatic carbocycles. The summed E-state index contributed by atoms with van der Waals surface area (Å²) in [6.07, 6.45) is 3.89.